The Kier molecular flexibility index (Phi) is 20.4. The smallest absolute Gasteiger partial charge is 0.392 e. The van der Waals surface area contributed by atoms with Crippen LogP contribution in [-0.4, -0.2) is 169 Å². The van der Waals surface area contributed by atoms with Crippen LogP contribution in [0.1, 0.15) is 0 Å². The maximum absolute atomic E-state index is 12.5. The molecule has 0 aliphatic carbocycles. The van der Waals surface area contributed by atoms with Crippen LogP contribution in [0.4, 0.5) is 0 Å². The average Bonchev–Trinajstić information content (AvgIpc) is 3.32. The summed E-state index contributed by atoms with van der Waals surface area (Å²) in [7, 11) is -4.17. The number of rotatable bonds is 25. The summed E-state index contributed by atoms with van der Waals surface area (Å²) in [6.07, 6.45) is 2.30. The van der Waals surface area contributed by atoms with Gasteiger partial charge in [0.15, 0.2) is 0 Å². The molecule has 48 heavy (non-hydrogen) atoms. The summed E-state index contributed by atoms with van der Waals surface area (Å²) in [5.41, 5.74) is 9.25. The van der Waals surface area contributed by atoms with E-state index < -0.39 is 63.6 Å². The largest absolute Gasteiger partial charge is 0.436 e. The van der Waals surface area contributed by atoms with Gasteiger partial charge >= 0.3 is 28.2 Å². The van der Waals surface area contributed by atoms with Crippen LogP contribution in [0, 0.1) is 0 Å². The van der Waals surface area contributed by atoms with Crippen molar-refractivity contribution in [3.8, 4) is 0 Å². The van der Waals surface area contributed by atoms with Crippen LogP contribution in [0.2, 0.25) is 27.3 Å². The molecule has 0 aromatic carbocycles. The van der Waals surface area contributed by atoms with Crippen molar-refractivity contribution in [1.29, 1.82) is 0 Å². The second-order valence-corrected chi connectivity index (χ2v) is 10.9. The second-order valence-electron chi connectivity index (χ2n) is 10.9. The van der Waals surface area contributed by atoms with Gasteiger partial charge in [0.25, 0.3) is 11.8 Å². The first kappa shape index (κ1) is 42.6. The summed E-state index contributed by atoms with van der Waals surface area (Å²) >= 11 is 0. The number of hydrazine groups is 4. The van der Waals surface area contributed by atoms with Gasteiger partial charge in [-0.2, -0.15) is 0 Å². The minimum Gasteiger partial charge on any atom is -0.436 e. The lowest BCUT2D eigenvalue weighted by atomic mass is 9.91. The Morgan fingerprint density at radius 1 is 0.542 bits per heavy atom. The Morgan fingerprint density at radius 2 is 0.812 bits per heavy atom. The molecule has 26 heteroatoms. The molecule has 0 unspecified atom stereocenters. The molecule has 1 aliphatic heterocycles. The summed E-state index contributed by atoms with van der Waals surface area (Å²) in [5, 5.41) is 47.0. The third kappa shape index (κ3) is 20.1. The molecule has 22 nitrogen and oxygen atoms in total. The third-order valence-corrected chi connectivity index (χ3v) is 6.16. The Balaban J connectivity index is 3.10. The van der Waals surface area contributed by atoms with Gasteiger partial charge in [-0.1, -0.05) is 0 Å². The number of hydrogen-bond donors (Lipinski definition) is 12. The topological polar surface area (TPSA) is 293 Å². The highest BCUT2D eigenvalue weighted by Gasteiger charge is 2.25. The Labute approximate surface area is 280 Å². The van der Waals surface area contributed by atoms with Crippen molar-refractivity contribution >= 4 is 63.6 Å². The van der Waals surface area contributed by atoms with Gasteiger partial charge in [-0.15, -0.1) is 0 Å². The van der Waals surface area contributed by atoms with Crippen molar-refractivity contribution in [2.24, 2.45) is 0 Å². The van der Waals surface area contributed by atoms with E-state index in [0.717, 1.165) is 17.1 Å². The van der Waals surface area contributed by atoms with E-state index in [4.69, 9.17) is 0 Å². The van der Waals surface area contributed by atoms with E-state index >= 15 is 0 Å². The molecule has 0 atom stereocenters. The number of nitrogens with zero attached hydrogens (tertiary/aromatic N) is 4. The minimum absolute atomic E-state index is 0.000154. The van der Waals surface area contributed by atoms with Gasteiger partial charge in [-0.3, -0.25) is 70.1 Å². The summed E-state index contributed by atoms with van der Waals surface area (Å²) in [6.45, 7) is 5.10. The van der Waals surface area contributed by atoms with Crippen molar-refractivity contribution in [2.45, 2.75) is 27.3 Å². The van der Waals surface area contributed by atoms with Crippen molar-refractivity contribution in [1.82, 2.24) is 62.7 Å². The third-order valence-electron chi connectivity index (χ3n) is 6.16. The molecule has 12 N–H and O–H groups in total. The minimum atomic E-state index is -1.04. The second kappa shape index (κ2) is 23.0. The fraction of sp³-hybridized carbons (Fsp3) is 0.636. The van der Waals surface area contributed by atoms with Gasteiger partial charge in [-0.25, -0.2) is 21.3 Å². The summed E-state index contributed by atoms with van der Waals surface area (Å²) < 4.78 is 0. The van der Waals surface area contributed by atoms with Crippen LogP contribution in [0.15, 0.2) is 12.2 Å². The molecule has 0 saturated heterocycles. The quantitative estimate of drug-likeness (QED) is 0.0242. The Morgan fingerprint density at radius 3 is 1.08 bits per heavy atom. The van der Waals surface area contributed by atoms with Crippen LogP contribution in [-0.2, 0) is 28.8 Å². The van der Waals surface area contributed by atoms with Crippen LogP contribution in [0.5, 0.6) is 0 Å². The first-order valence-electron chi connectivity index (χ1n) is 15.2. The Bertz CT molecular complexity index is 978. The maximum Gasteiger partial charge on any atom is 0.392 e. The number of amides is 6. The highest BCUT2D eigenvalue weighted by atomic mass is 16.2. The van der Waals surface area contributed by atoms with E-state index in [-0.39, 0.29) is 65.4 Å². The zero-order chi connectivity index (χ0) is 36.2. The molecule has 0 aromatic rings. The first-order valence-corrected chi connectivity index (χ1v) is 15.2. The van der Waals surface area contributed by atoms with Crippen LogP contribution < -0.4 is 43.1 Å². The molecule has 0 radical (unpaired) electrons. The predicted molar refractivity (Wildman–Crippen MR) is 176 cm³/mol. The van der Waals surface area contributed by atoms with E-state index in [1.807, 2.05) is 0 Å². The van der Waals surface area contributed by atoms with Crippen molar-refractivity contribution < 1.29 is 48.9 Å². The van der Waals surface area contributed by atoms with E-state index in [9.17, 15) is 48.9 Å². The standard InChI is InChI=1S/C22H46B4N12O10/c1-23(45)31-27-17(39)13-36(14-18(40)28-32-24(2)46)9-7-35(11-12-38-21(43)5-6-22(38)44)8-10-37(15-19(41)29-33-25(3)47)16-20(42)30-34-26(4)48/h5-6,31-34,45-48H,7-16H2,1-4H3,(H,27,39)(H,28,40)(H,29,41)(H,30,42). The molecule has 0 spiro atoms. The first-order chi connectivity index (χ1) is 22.5. The molecule has 0 saturated carbocycles. The highest BCUT2D eigenvalue weighted by molar-refractivity contribution is 6.46. The number of imide groups is 1. The number of carbonyl (C=O) groups is 6. The summed E-state index contributed by atoms with van der Waals surface area (Å²) in [4.78, 5) is 80.1. The molecule has 0 aromatic heterocycles. The zero-order valence-corrected chi connectivity index (χ0v) is 27.6. The Hall–Kier alpha value is -3.42. The molecule has 0 bridgehead atoms. The maximum atomic E-state index is 12.5. The van der Waals surface area contributed by atoms with E-state index in [0.29, 0.717) is 0 Å². The molecule has 1 heterocycles. The molecule has 1 aliphatic rings. The van der Waals surface area contributed by atoms with Gasteiger partial charge in [0.05, 0.1) is 26.2 Å². The summed E-state index contributed by atoms with van der Waals surface area (Å²) in [6, 6.07) is 0. The highest BCUT2D eigenvalue weighted by Crippen LogP contribution is 2.04. The number of nitrogens with one attached hydrogen (secondary N) is 8. The molecule has 0 fully saturated rings. The number of hydrogen-bond acceptors (Lipinski definition) is 17. The lowest BCUT2D eigenvalue weighted by Crippen LogP contribution is -2.54. The van der Waals surface area contributed by atoms with Gasteiger partial charge in [0, 0.05) is 51.4 Å². The SMILES string of the molecule is CB(O)NNC(=O)CN(CCN(CCN(CC(=O)NNB(C)O)CC(=O)NNB(C)O)CCN1C(=O)C=CC1=O)CC(=O)NNB(C)O. The monoisotopic (exact) mass is 682 g/mol. The molecule has 6 amide bonds. The lowest BCUT2D eigenvalue weighted by molar-refractivity contribution is -0.137. The van der Waals surface area contributed by atoms with Crippen LogP contribution in [0.3, 0.4) is 0 Å². The molecular formula is C22H46B4N12O10. The fourth-order valence-corrected chi connectivity index (χ4v) is 3.93. The fourth-order valence-electron chi connectivity index (χ4n) is 3.93. The number of carbonyl (C=O) groups excluding carboxylic acids is 6. The molecular weight excluding hydrogens is 636 g/mol. The van der Waals surface area contributed by atoms with Crippen LogP contribution >= 0.6 is 0 Å². The van der Waals surface area contributed by atoms with E-state index in [1.54, 1.807) is 4.90 Å². The van der Waals surface area contributed by atoms with E-state index in [2.05, 4.69) is 43.1 Å². The lowest BCUT2D eigenvalue weighted by Gasteiger charge is -2.30. The zero-order valence-electron chi connectivity index (χ0n) is 27.6. The van der Waals surface area contributed by atoms with Crippen molar-refractivity contribution in [2.75, 3.05) is 65.4 Å². The summed E-state index contributed by atoms with van der Waals surface area (Å²) in [5.74, 6) is -3.26. The van der Waals surface area contributed by atoms with Gasteiger partial charge in [-0.05, 0) is 27.3 Å². The van der Waals surface area contributed by atoms with Crippen LogP contribution in [0.25, 0.3) is 0 Å². The van der Waals surface area contributed by atoms with Gasteiger partial charge < -0.3 is 20.1 Å². The molecule has 1 rings (SSSR count). The van der Waals surface area contributed by atoms with Crippen molar-refractivity contribution in [3.05, 3.63) is 12.2 Å². The van der Waals surface area contributed by atoms with Crippen molar-refractivity contribution in [3.63, 3.8) is 0 Å². The predicted octanol–water partition coefficient (Wildman–Crippen LogP) is -8.26. The average molecular weight is 682 g/mol. The molecule has 266 valence electrons. The normalized spacial score (nSPS) is 12.5. The van der Waals surface area contributed by atoms with Gasteiger partial charge in [0.1, 0.15) is 0 Å². The van der Waals surface area contributed by atoms with E-state index in [1.165, 1.54) is 37.1 Å². The van der Waals surface area contributed by atoms with Gasteiger partial charge in [0.2, 0.25) is 23.6 Å².